The van der Waals surface area contributed by atoms with Crippen molar-refractivity contribution in [3.05, 3.63) is 71.2 Å². The van der Waals surface area contributed by atoms with Gasteiger partial charge in [-0.25, -0.2) is 4.39 Å². The number of benzene rings is 2. The average molecular weight is 477 g/mol. The van der Waals surface area contributed by atoms with Gasteiger partial charge in [0.1, 0.15) is 5.82 Å². The van der Waals surface area contributed by atoms with Gasteiger partial charge in [0.25, 0.3) is 5.91 Å². The first kappa shape index (κ1) is 23.2. The van der Waals surface area contributed by atoms with Crippen LogP contribution in [0.1, 0.15) is 34.9 Å². The Morgan fingerprint density at radius 1 is 1.14 bits per heavy atom. The first-order chi connectivity index (χ1) is 17.0. The van der Waals surface area contributed by atoms with E-state index < -0.39 is 11.7 Å². The second kappa shape index (κ2) is 9.62. The van der Waals surface area contributed by atoms with E-state index in [1.807, 2.05) is 0 Å². The molecule has 3 aromatic rings. The number of halogens is 1. The van der Waals surface area contributed by atoms with Gasteiger partial charge in [0.2, 0.25) is 0 Å². The Balaban J connectivity index is 1.43. The Labute approximate surface area is 204 Å². The van der Waals surface area contributed by atoms with E-state index in [2.05, 4.69) is 64.8 Å². The first-order valence-corrected chi connectivity index (χ1v) is 11.9. The number of methoxy groups -OCH3 is 1. The molecule has 2 aromatic carbocycles. The lowest BCUT2D eigenvalue weighted by Crippen LogP contribution is -2.49. The zero-order valence-electron chi connectivity index (χ0n) is 20.1. The standard InChI is InChI=1S/C27H29FN4O3/c1-17-6-4-7-19-8-5-9-20(24(17)19)23-11-10-22-21(16-35-23)25(30-27(29-22)34-3)31-12-14-32(15-13-31)26(33)18(2)28/h4-9,23H,2,10-16H2,1,3H3. The third-order valence-electron chi connectivity index (χ3n) is 6.90. The van der Waals surface area contributed by atoms with Crippen LogP contribution in [0.25, 0.3) is 10.8 Å². The molecule has 2 aliphatic rings. The van der Waals surface area contributed by atoms with E-state index in [-0.39, 0.29) is 6.10 Å². The third-order valence-corrected chi connectivity index (χ3v) is 6.90. The number of aryl methyl sites for hydroxylation is 2. The third kappa shape index (κ3) is 4.46. The van der Waals surface area contributed by atoms with Crippen molar-refractivity contribution < 1.29 is 18.7 Å². The zero-order valence-corrected chi connectivity index (χ0v) is 20.1. The molecule has 7 nitrogen and oxygen atoms in total. The van der Waals surface area contributed by atoms with E-state index >= 15 is 0 Å². The highest BCUT2D eigenvalue weighted by molar-refractivity contribution is 5.91. The monoisotopic (exact) mass is 476 g/mol. The number of carbonyl (C=O) groups excluding carboxylic acids is 1. The maximum absolute atomic E-state index is 13.3. The summed E-state index contributed by atoms with van der Waals surface area (Å²) in [5.74, 6) is -0.827. The summed E-state index contributed by atoms with van der Waals surface area (Å²) in [5, 5.41) is 2.45. The Morgan fingerprint density at radius 3 is 2.60 bits per heavy atom. The van der Waals surface area contributed by atoms with Crippen molar-refractivity contribution >= 4 is 22.5 Å². The van der Waals surface area contributed by atoms with Gasteiger partial charge >= 0.3 is 6.01 Å². The SMILES string of the molecule is C=C(F)C(=O)N1CCN(c2nc(OC)nc3c2COC(c2cccc4cccc(C)c24)CC3)CC1. The van der Waals surface area contributed by atoms with Crippen LogP contribution >= 0.6 is 0 Å². The van der Waals surface area contributed by atoms with E-state index in [4.69, 9.17) is 9.47 Å². The molecule has 0 radical (unpaired) electrons. The zero-order chi connectivity index (χ0) is 24.5. The van der Waals surface area contributed by atoms with Gasteiger partial charge < -0.3 is 19.3 Å². The molecule has 0 aliphatic carbocycles. The van der Waals surface area contributed by atoms with Crippen LogP contribution in [-0.2, 0) is 22.6 Å². The molecule has 0 spiro atoms. The molecule has 1 atom stereocenters. The number of anilines is 1. The van der Waals surface area contributed by atoms with Crippen molar-refractivity contribution in [2.24, 2.45) is 0 Å². The molecule has 1 unspecified atom stereocenters. The number of rotatable bonds is 4. The summed E-state index contributed by atoms with van der Waals surface area (Å²) in [5.41, 5.74) is 4.28. The van der Waals surface area contributed by atoms with Crippen LogP contribution in [0, 0.1) is 6.92 Å². The minimum atomic E-state index is -0.931. The minimum Gasteiger partial charge on any atom is -0.467 e. The van der Waals surface area contributed by atoms with Crippen LogP contribution < -0.4 is 9.64 Å². The van der Waals surface area contributed by atoms with Gasteiger partial charge in [-0.1, -0.05) is 43.0 Å². The Kier molecular flexibility index (Phi) is 6.38. The number of piperazine rings is 1. The normalized spacial score (nSPS) is 18.2. The summed E-state index contributed by atoms with van der Waals surface area (Å²) in [6, 6.07) is 13.0. The van der Waals surface area contributed by atoms with E-state index in [1.165, 1.54) is 26.8 Å². The van der Waals surface area contributed by atoms with E-state index in [0.717, 1.165) is 29.9 Å². The molecule has 0 saturated carbocycles. The summed E-state index contributed by atoms with van der Waals surface area (Å²) in [4.78, 5) is 24.9. The van der Waals surface area contributed by atoms with Crippen LogP contribution in [0.5, 0.6) is 6.01 Å². The molecule has 5 rings (SSSR count). The molecule has 1 amide bonds. The Bertz CT molecular complexity index is 1280. The van der Waals surface area contributed by atoms with Gasteiger partial charge in [-0.05, 0) is 41.7 Å². The van der Waals surface area contributed by atoms with Gasteiger partial charge in [0, 0.05) is 31.7 Å². The summed E-state index contributed by atoms with van der Waals surface area (Å²) in [7, 11) is 1.56. The number of nitrogens with zero attached hydrogens (tertiary/aromatic N) is 4. The molecular weight excluding hydrogens is 447 g/mol. The van der Waals surface area contributed by atoms with Crippen molar-refractivity contribution in [1.29, 1.82) is 0 Å². The fourth-order valence-corrected chi connectivity index (χ4v) is 5.11. The number of amides is 1. The number of fused-ring (bicyclic) bond motifs is 2. The summed E-state index contributed by atoms with van der Waals surface area (Å²) in [6.07, 6.45) is 1.45. The van der Waals surface area contributed by atoms with Crippen LogP contribution in [-0.4, -0.2) is 54.1 Å². The maximum atomic E-state index is 13.3. The van der Waals surface area contributed by atoms with Crippen LogP contribution in [0.2, 0.25) is 0 Å². The van der Waals surface area contributed by atoms with Crippen molar-refractivity contribution in [3.63, 3.8) is 0 Å². The lowest BCUT2D eigenvalue weighted by atomic mass is 9.94. The Morgan fingerprint density at radius 2 is 1.89 bits per heavy atom. The largest absolute Gasteiger partial charge is 0.467 e. The quantitative estimate of drug-likeness (QED) is 0.524. The molecule has 1 saturated heterocycles. The van der Waals surface area contributed by atoms with E-state index in [1.54, 1.807) is 7.11 Å². The minimum absolute atomic E-state index is 0.0714. The molecule has 1 aromatic heterocycles. The number of ether oxygens (including phenoxy) is 2. The molecule has 2 aliphatic heterocycles. The summed E-state index contributed by atoms with van der Waals surface area (Å²) in [6.45, 7) is 7.47. The topological polar surface area (TPSA) is 67.8 Å². The molecule has 182 valence electrons. The highest BCUT2D eigenvalue weighted by Gasteiger charge is 2.29. The molecule has 3 heterocycles. The highest BCUT2D eigenvalue weighted by atomic mass is 19.1. The lowest BCUT2D eigenvalue weighted by molar-refractivity contribution is -0.128. The number of carbonyl (C=O) groups is 1. The predicted molar refractivity (Wildman–Crippen MR) is 132 cm³/mol. The first-order valence-electron chi connectivity index (χ1n) is 11.9. The van der Waals surface area contributed by atoms with Crippen LogP contribution in [0.3, 0.4) is 0 Å². The molecule has 0 bridgehead atoms. The number of aromatic nitrogens is 2. The van der Waals surface area contributed by atoms with Crippen LogP contribution in [0.4, 0.5) is 10.2 Å². The molecule has 0 N–H and O–H groups in total. The molecule has 35 heavy (non-hydrogen) atoms. The van der Waals surface area contributed by atoms with Crippen molar-refractivity contribution in [2.45, 2.75) is 32.5 Å². The summed E-state index contributed by atoms with van der Waals surface area (Å²) < 4.78 is 25.2. The number of hydrogen-bond acceptors (Lipinski definition) is 6. The van der Waals surface area contributed by atoms with Gasteiger partial charge in [-0.15, -0.1) is 0 Å². The van der Waals surface area contributed by atoms with Crippen molar-refractivity contribution in [3.8, 4) is 6.01 Å². The Hall–Kier alpha value is -3.52. The van der Waals surface area contributed by atoms with Crippen molar-refractivity contribution in [1.82, 2.24) is 14.9 Å². The molecule has 8 heteroatoms. The van der Waals surface area contributed by atoms with Crippen LogP contribution in [0.15, 0.2) is 48.8 Å². The van der Waals surface area contributed by atoms with E-state index in [0.29, 0.717) is 38.8 Å². The van der Waals surface area contributed by atoms with Gasteiger partial charge in [0.15, 0.2) is 5.83 Å². The molecule has 1 fully saturated rings. The van der Waals surface area contributed by atoms with E-state index in [9.17, 15) is 9.18 Å². The fourth-order valence-electron chi connectivity index (χ4n) is 5.11. The lowest BCUT2D eigenvalue weighted by Gasteiger charge is -2.36. The number of hydrogen-bond donors (Lipinski definition) is 0. The second-order valence-corrected chi connectivity index (χ2v) is 9.00. The average Bonchev–Trinajstić information content (AvgIpc) is 3.10. The van der Waals surface area contributed by atoms with Gasteiger partial charge in [-0.3, -0.25) is 4.79 Å². The van der Waals surface area contributed by atoms with Crippen molar-refractivity contribution in [2.75, 3.05) is 38.2 Å². The maximum Gasteiger partial charge on any atom is 0.318 e. The smallest absolute Gasteiger partial charge is 0.318 e. The predicted octanol–water partition coefficient (Wildman–Crippen LogP) is 4.28. The molecular formula is C27H29FN4O3. The highest BCUT2D eigenvalue weighted by Crippen LogP contribution is 2.37. The fraction of sp³-hybridized carbons (Fsp3) is 0.370. The second-order valence-electron chi connectivity index (χ2n) is 9.00. The van der Waals surface area contributed by atoms with Gasteiger partial charge in [-0.2, -0.15) is 9.97 Å². The summed E-state index contributed by atoms with van der Waals surface area (Å²) >= 11 is 0. The van der Waals surface area contributed by atoms with Gasteiger partial charge in [0.05, 0.1) is 25.5 Å².